The predicted molar refractivity (Wildman–Crippen MR) is 214 cm³/mol. The maximum absolute atomic E-state index is 11.2. The Balaban J connectivity index is 0.000000141. The van der Waals surface area contributed by atoms with Gasteiger partial charge >= 0.3 is 5.97 Å². The first-order valence-corrected chi connectivity index (χ1v) is 18.9. The Morgan fingerprint density at radius 3 is 1.13 bits per heavy atom. The summed E-state index contributed by atoms with van der Waals surface area (Å²) in [6.45, 7) is 0. The minimum atomic E-state index is -0.720. The fourth-order valence-corrected chi connectivity index (χ4v) is 7.08. The van der Waals surface area contributed by atoms with Crippen molar-refractivity contribution in [2.75, 3.05) is 14.2 Å². The third kappa shape index (κ3) is 8.82. The molecule has 0 atom stereocenters. The zero-order valence-corrected chi connectivity index (χ0v) is 32.9. The monoisotopic (exact) mass is 863 g/mol. The van der Waals surface area contributed by atoms with E-state index in [9.17, 15) is 24.3 Å². The lowest BCUT2D eigenvalue weighted by Crippen LogP contribution is -2.28. The Morgan fingerprint density at radius 1 is 0.527 bits per heavy atom. The van der Waals surface area contributed by atoms with Crippen LogP contribution in [0.4, 0.5) is 0 Å². The lowest BCUT2D eigenvalue weighted by Gasteiger charge is -2.11. The van der Waals surface area contributed by atoms with E-state index < -0.39 is 22.2 Å². The molecule has 13 heteroatoms. The second-order valence-electron chi connectivity index (χ2n) is 14.4. The highest BCUT2D eigenvalue weighted by Gasteiger charge is 2.52. The van der Waals surface area contributed by atoms with Gasteiger partial charge in [0.05, 0.1) is 39.4 Å². The summed E-state index contributed by atoms with van der Waals surface area (Å²) in [7, 11) is 3.22. The van der Waals surface area contributed by atoms with Gasteiger partial charge in [-0.3, -0.25) is 19.2 Å². The number of rotatable bonds is 10. The number of carboxylic acid groups (broad SMARTS) is 1. The van der Waals surface area contributed by atoms with Crippen LogP contribution >= 0.6 is 22.6 Å². The molecule has 0 spiro atoms. The summed E-state index contributed by atoms with van der Waals surface area (Å²) in [6.07, 6.45) is 6.53. The van der Waals surface area contributed by atoms with E-state index in [4.69, 9.17) is 36.9 Å². The van der Waals surface area contributed by atoms with Crippen molar-refractivity contribution < 1.29 is 44.0 Å². The first-order valence-electron chi connectivity index (χ1n) is 17.8. The summed E-state index contributed by atoms with van der Waals surface area (Å²) < 4.78 is 10.8. The number of methoxy groups -OCH3 is 2. The molecule has 9 N–H and O–H groups in total. The highest BCUT2D eigenvalue weighted by Crippen LogP contribution is 2.50. The fourth-order valence-electron chi connectivity index (χ4n) is 6.56. The van der Waals surface area contributed by atoms with E-state index in [-0.39, 0.29) is 34.6 Å². The van der Waals surface area contributed by atoms with Crippen LogP contribution < -0.4 is 26.7 Å². The van der Waals surface area contributed by atoms with Gasteiger partial charge in [-0.1, -0.05) is 42.5 Å². The van der Waals surface area contributed by atoms with Crippen molar-refractivity contribution in [3.63, 3.8) is 0 Å². The van der Waals surface area contributed by atoms with Gasteiger partial charge in [0.25, 0.3) is 0 Å². The zero-order chi connectivity index (χ0) is 40.2. The molecule has 0 aliphatic heterocycles. The molecule has 4 aliphatic rings. The van der Waals surface area contributed by atoms with Gasteiger partial charge in [0.2, 0.25) is 17.7 Å². The molecule has 290 valence electrons. The molecule has 55 heavy (non-hydrogen) atoms. The number of phenolic OH excluding ortho intramolecular Hbond substituents is 2. The molecule has 0 aromatic heterocycles. The largest absolute Gasteiger partial charge is 0.508 e. The number of carbonyl (C=O) groups is 4. The lowest BCUT2D eigenvalue weighted by atomic mass is 9.95. The number of primary amides is 3. The van der Waals surface area contributed by atoms with Crippen molar-refractivity contribution in [1.29, 1.82) is 0 Å². The number of hydrogen-bond acceptors (Lipinski definition) is 8. The molecule has 3 amide bonds. The topological polar surface area (TPSA) is 225 Å². The van der Waals surface area contributed by atoms with Crippen LogP contribution in [0, 0.1) is 3.57 Å². The molecule has 0 radical (unpaired) electrons. The standard InChI is InChI=1S/C11H13NO2.C11H12O3.C10H10INO2.C10H11NO2/c2*1-14-9-4-2-8(3-5-9)11(6-7-11)10(12)13;11-7-5-6(1-2-8(7)13)10(3-4-10)9(12)14;11-9(13)10(5-6-10)7-1-3-8(12)4-2-7/h2-5H,6-7H2,1H3,(H2,12,13);2-5H,6-7H2,1H3,(H,12,13);1-2,5,13H,3-4H2,(H2,12,14);1-4,12H,5-6H2,(H2,11,13). The zero-order valence-electron chi connectivity index (χ0n) is 30.7. The van der Waals surface area contributed by atoms with Crippen molar-refractivity contribution >= 4 is 46.3 Å². The van der Waals surface area contributed by atoms with Crippen LogP contribution in [0.3, 0.4) is 0 Å². The average molecular weight is 864 g/mol. The maximum atomic E-state index is 11.2. The van der Waals surface area contributed by atoms with E-state index in [1.54, 1.807) is 62.8 Å². The number of ether oxygens (including phenoxy) is 2. The number of carbonyl (C=O) groups excluding carboxylic acids is 3. The van der Waals surface area contributed by atoms with E-state index in [1.807, 2.05) is 65.1 Å². The maximum Gasteiger partial charge on any atom is 0.314 e. The van der Waals surface area contributed by atoms with Crippen molar-refractivity contribution in [1.82, 2.24) is 0 Å². The molecule has 12 nitrogen and oxygen atoms in total. The van der Waals surface area contributed by atoms with E-state index in [0.29, 0.717) is 0 Å². The van der Waals surface area contributed by atoms with Gasteiger partial charge in [0.1, 0.15) is 23.0 Å². The first kappa shape index (κ1) is 40.9. The van der Waals surface area contributed by atoms with Crippen LogP contribution in [-0.2, 0) is 40.8 Å². The van der Waals surface area contributed by atoms with Crippen molar-refractivity contribution in [2.45, 2.75) is 73.0 Å². The second kappa shape index (κ2) is 16.2. The number of benzene rings is 4. The number of amides is 3. The minimum Gasteiger partial charge on any atom is -0.508 e. The van der Waals surface area contributed by atoms with Gasteiger partial charge in [-0.05, 0) is 145 Å². The van der Waals surface area contributed by atoms with Crippen LogP contribution in [-0.4, -0.2) is 53.2 Å². The van der Waals surface area contributed by atoms with E-state index in [1.165, 1.54) is 0 Å². The van der Waals surface area contributed by atoms with Gasteiger partial charge in [-0.15, -0.1) is 0 Å². The summed E-state index contributed by atoms with van der Waals surface area (Å²) in [5, 5.41) is 27.5. The first-order chi connectivity index (χ1) is 26.1. The highest BCUT2D eigenvalue weighted by molar-refractivity contribution is 14.1. The van der Waals surface area contributed by atoms with Crippen LogP contribution in [0.5, 0.6) is 23.0 Å². The van der Waals surface area contributed by atoms with Gasteiger partial charge in [-0.2, -0.15) is 0 Å². The smallest absolute Gasteiger partial charge is 0.314 e. The Labute approximate surface area is 333 Å². The minimum absolute atomic E-state index is 0.212. The summed E-state index contributed by atoms with van der Waals surface area (Å²) in [5.41, 5.74) is 17.9. The fraction of sp³-hybridized carbons (Fsp3) is 0.333. The van der Waals surface area contributed by atoms with E-state index in [2.05, 4.69) is 0 Å². The van der Waals surface area contributed by atoms with Crippen molar-refractivity contribution in [3.8, 4) is 23.0 Å². The normalized spacial score (nSPS) is 17.7. The van der Waals surface area contributed by atoms with Gasteiger partial charge < -0.3 is 42.0 Å². The molecular weight excluding hydrogens is 817 g/mol. The SMILES string of the molecule is COc1ccc(C2(C(=O)O)CC2)cc1.COc1ccc(C2(C(N)=O)CC2)cc1.NC(=O)C1(c2ccc(O)c(I)c2)CC1.NC(=O)C1(c2ccc(O)cc2)CC1. The van der Waals surface area contributed by atoms with Crippen molar-refractivity contribution in [2.24, 2.45) is 17.2 Å². The summed E-state index contributed by atoms with van der Waals surface area (Å²) in [6, 6.07) is 26.7. The number of aromatic hydroxyl groups is 2. The Kier molecular flexibility index (Phi) is 12.0. The predicted octanol–water partition coefficient (Wildman–Crippen LogP) is 5.45. The lowest BCUT2D eigenvalue weighted by molar-refractivity contribution is -0.140. The second-order valence-corrected chi connectivity index (χ2v) is 15.6. The van der Waals surface area contributed by atoms with Gasteiger partial charge in [0, 0.05) is 0 Å². The Hall–Kier alpha value is -5.31. The molecule has 4 fully saturated rings. The average Bonchev–Trinajstić information content (AvgIpc) is 3.97. The molecule has 0 bridgehead atoms. The molecule has 4 saturated carbocycles. The van der Waals surface area contributed by atoms with Crippen LogP contribution in [0.25, 0.3) is 0 Å². The van der Waals surface area contributed by atoms with Crippen LogP contribution in [0.15, 0.2) is 91.0 Å². The highest BCUT2D eigenvalue weighted by atomic mass is 127. The molecule has 4 aromatic carbocycles. The van der Waals surface area contributed by atoms with Gasteiger partial charge in [0.15, 0.2) is 0 Å². The van der Waals surface area contributed by atoms with Crippen molar-refractivity contribution in [3.05, 3.63) is 117 Å². The molecule has 0 unspecified atom stereocenters. The van der Waals surface area contributed by atoms with E-state index >= 15 is 0 Å². The number of carboxylic acids is 1. The quantitative estimate of drug-likeness (QED) is 0.111. The Bertz CT molecular complexity index is 1960. The number of hydrogen-bond donors (Lipinski definition) is 6. The third-order valence-electron chi connectivity index (χ3n) is 11.0. The van der Waals surface area contributed by atoms with Crippen LogP contribution in [0.2, 0.25) is 0 Å². The number of nitrogens with two attached hydrogens (primary N) is 3. The summed E-state index contributed by atoms with van der Waals surface area (Å²) >= 11 is 2.04. The Morgan fingerprint density at radius 2 is 0.836 bits per heavy atom. The molecular formula is C42H46IN3O9. The number of phenols is 2. The van der Waals surface area contributed by atoms with E-state index in [0.717, 1.165) is 88.7 Å². The van der Waals surface area contributed by atoms with Gasteiger partial charge in [-0.25, -0.2) is 0 Å². The molecule has 8 rings (SSSR count). The number of halogens is 1. The summed E-state index contributed by atoms with van der Waals surface area (Å²) in [5.74, 6) is 0.546. The molecule has 0 heterocycles. The number of aliphatic carboxylic acids is 1. The molecule has 4 aromatic rings. The van der Waals surface area contributed by atoms with Crippen LogP contribution in [0.1, 0.15) is 73.6 Å². The molecule has 0 saturated heterocycles. The molecule has 4 aliphatic carbocycles. The third-order valence-corrected chi connectivity index (χ3v) is 11.9. The summed E-state index contributed by atoms with van der Waals surface area (Å²) in [4.78, 5) is 44.6.